The molecule has 0 bridgehead atoms. The highest BCUT2D eigenvalue weighted by atomic mass is 14.2. The minimum Gasteiger partial charge on any atom is -0.0765 e. The van der Waals surface area contributed by atoms with Crippen LogP contribution in [0.5, 0.6) is 0 Å². The van der Waals surface area contributed by atoms with Gasteiger partial charge in [0, 0.05) is 0 Å². The predicted molar refractivity (Wildman–Crippen MR) is 78.1 cm³/mol. The fourth-order valence-electron chi connectivity index (χ4n) is 2.61. The van der Waals surface area contributed by atoms with Crippen LogP contribution in [0.15, 0.2) is 72.3 Å². The summed E-state index contributed by atoms with van der Waals surface area (Å²) in [5.74, 6) is 0. The van der Waals surface area contributed by atoms with Gasteiger partial charge in [-0.1, -0.05) is 66.7 Å². The van der Waals surface area contributed by atoms with Crippen molar-refractivity contribution in [3.05, 3.63) is 83.4 Å². The van der Waals surface area contributed by atoms with Gasteiger partial charge in [-0.15, -0.1) is 0 Å². The molecule has 0 radical (unpaired) electrons. The van der Waals surface area contributed by atoms with Crippen molar-refractivity contribution in [3.8, 4) is 0 Å². The van der Waals surface area contributed by atoms with Crippen LogP contribution in [0.3, 0.4) is 0 Å². The molecule has 0 saturated carbocycles. The van der Waals surface area contributed by atoms with Crippen LogP contribution in [0.4, 0.5) is 0 Å². The lowest BCUT2D eigenvalue weighted by molar-refractivity contribution is 1.41. The van der Waals surface area contributed by atoms with E-state index in [9.17, 15) is 0 Å². The number of allylic oxidation sites excluding steroid dienone is 4. The van der Waals surface area contributed by atoms with Gasteiger partial charge in [-0.3, -0.25) is 0 Å². The molecular weight excluding hydrogens is 216 g/mol. The SMILES string of the molecule is CC1=CCC(c2ccccc2)=C1c1ccccc1. The topological polar surface area (TPSA) is 0 Å². The summed E-state index contributed by atoms with van der Waals surface area (Å²) >= 11 is 0. The molecule has 0 amide bonds. The van der Waals surface area contributed by atoms with E-state index in [-0.39, 0.29) is 0 Å². The first-order chi connectivity index (χ1) is 8.86. The van der Waals surface area contributed by atoms with Crippen LogP contribution < -0.4 is 0 Å². The van der Waals surface area contributed by atoms with Crippen LogP contribution in [0.1, 0.15) is 24.5 Å². The Labute approximate surface area is 108 Å². The third-order valence-electron chi connectivity index (χ3n) is 3.49. The quantitative estimate of drug-likeness (QED) is 0.687. The zero-order valence-electron chi connectivity index (χ0n) is 10.6. The van der Waals surface area contributed by atoms with Gasteiger partial charge in [-0.2, -0.15) is 0 Å². The highest BCUT2D eigenvalue weighted by Crippen LogP contribution is 2.39. The van der Waals surface area contributed by atoms with Gasteiger partial charge >= 0.3 is 0 Å². The van der Waals surface area contributed by atoms with Gasteiger partial charge in [0.2, 0.25) is 0 Å². The van der Waals surface area contributed by atoms with Gasteiger partial charge < -0.3 is 0 Å². The molecule has 2 aromatic rings. The highest BCUT2D eigenvalue weighted by molar-refractivity contribution is 6.01. The van der Waals surface area contributed by atoms with Crippen LogP contribution in [-0.2, 0) is 0 Å². The maximum absolute atomic E-state index is 2.32. The second-order valence-corrected chi connectivity index (χ2v) is 4.68. The Kier molecular flexibility index (Phi) is 2.85. The maximum Gasteiger partial charge on any atom is -0.00793 e. The average Bonchev–Trinajstić information content (AvgIpc) is 2.83. The van der Waals surface area contributed by atoms with Crippen LogP contribution in [0.25, 0.3) is 11.1 Å². The summed E-state index contributed by atoms with van der Waals surface area (Å²) in [6, 6.07) is 21.4. The fraction of sp³-hybridized carbons (Fsp3) is 0.111. The van der Waals surface area contributed by atoms with Gasteiger partial charge in [-0.25, -0.2) is 0 Å². The zero-order chi connectivity index (χ0) is 12.4. The second kappa shape index (κ2) is 4.66. The van der Waals surface area contributed by atoms with Gasteiger partial charge in [0.1, 0.15) is 0 Å². The summed E-state index contributed by atoms with van der Waals surface area (Å²) in [6.07, 6.45) is 3.37. The monoisotopic (exact) mass is 232 g/mol. The number of hydrogen-bond donors (Lipinski definition) is 0. The molecule has 0 N–H and O–H groups in total. The molecule has 0 unspecified atom stereocenters. The van der Waals surface area contributed by atoms with E-state index >= 15 is 0 Å². The van der Waals surface area contributed by atoms with Gasteiger partial charge in [0.25, 0.3) is 0 Å². The van der Waals surface area contributed by atoms with Crippen molar-refractivity contribution in [2.75, 3.05) is 0 Å². The van der Waals surface area contributed by atoms with E-state index in [1.807, 2.05) is 0 Å². The highest BCUT2D eigenvalue weighted by Gasteiger charge is 2.17. The molecule has 88 valence electrons. The molecular formula is C18H16. The first-order valence-corrected chi connectivity index (χ1v) is 6.37. The Morgan fingerprint density at radius 2 is 1.28 bits per heavy atom. The van der Waals surface area contributed by atoms with Crippen LogP contribution in [0, 0.1) is 0 Å². The predicted octanol–water partition coefficient (Wildman–Crippen LogP) is 4.95. The molecule has 1 aliphatic rings. The first kappa shape index (κ1) is 11.0. The number of rotatable bonds is 2. The summed E-state index contributed by atoms with van der Waals surface area (Å²) in [5.41, 5.74) is 6.90. The molecule has 0 nitrogen and oxygen atoms in total. The van der Waals surface area contributed by atoms with Crippen molar-refractivity contribution in [2.24, 2.45) is 0 Å². The second-order valence-electron chi connectivity index (χ2n) is 4.68. The summed E-state index contributed by atoms with van der Waals surface area (Å²) in [5, 5.41) is 0. The van der Waals surface area contributed by atoms with E-state index < -0.39 is 0 Å². The summed E-state index contributed by atoms with van der Waals surface area (Å²) in [4.78, 5) is 0. The lowest BCUT2D eigenvalue weighted by Gasteiger charge is -2.10. The lowest BCUT2D eigenvalue weighted by atomic mass is 9.94. The van der Waals surface area contributed by atoms with E-state index in [2.05, 4.69) is 73.7 Å². The Hall–Kier alpha value is -2.08. The van der Waals surface area contributed by atoms with Crippen molar-refractivity contribution in [1.29, 1.82) is 0 Å². The molecule has 0 heterocycles. The van der Waals surface area contributed by atoms with E-state index in [0.717, 1.165) is 6.42 Å². The number of benzene rings is 2. The van der Waals surface area contributed by atoms with Gasteiger partial charge in [-0.05, 0) is 41.2 Å². The molecule has 0 spiro atoms. The minimum atomic E-state index is 1.04. The first-order valence-electron chi connectivity index (χ1n) is 6.37. The Bertz CT molecular complexity index is 601. The van der Waals surface area contributed by atoms with Gasteiger partial charge in [0.05, 0.1) is 0 Å². The average molecular weight is 232 g/mol. The van der Waals surface area contributed by atoms with Crippen molar-refractivity contribution in [2.45, 2.75) is 13.3 Å². The maximum atomic E-state index is 2.32. The molecule has 3 rings (SSSR count). The molecule has 1 aliphatic carbocycles. The number of hydrogen-bond acceptors (Lipinski definition) is 0. The van der Waals surface area contributed by atoms with E-state index in [4.69, 9.17) is 0 Å². The van der Waals surface area contributed by atoms with E-state index in [1.54, 1.807) is 0 Å². The molecule has 0 aromatic heterocycles. The standard InChI is InChI=1S/C18H16/c1-14-12-13-17(15-8-4-2-5-9-15)18(14)16-10-6-3-7-11-16/h2-12H,13H2,1H3. The van der Waals surface area contributed by atoms with Crippen LogP contribution in [0.2, 0.25) is 0 Å². The van der Waals surface area contributed by atoms with Crippen molar-refractivity contribution >= 4 is 11.1 Å². The lowest BCUT2D eigenvalue weighted by Crippen LogP contribution is -1.88. The molecule has 18 heavy (non-hydrogen) atoms. The molecule has 0 atom stereocenters. The minimum absolute atomic E-state index is 1.04. The molecule has 0 heteroatoms. The van der Waals surface area contributed by atoms with Crippen LogP contribution >= 0.6 is 0 Å². The van der Waals surface area contributed by atoms with Crippen molar-refractivity contribution < 1.29 is 0 Å². The van der Waals surface area contributed by atoms with Crippen molar-refractivity contribution in [1.82, 2.24) is 0 Å². The largest absolute Gasteiger partial charge is 0.0765 e. The van der Waals surface area contributed by atoms with Crippen molar-refractivity contribution in [3.63, 3.8) is 0 Å². The third-order valence-corrected chi connectivity index (χ3v) is 3.49. The van der Waals surface area contributed by atoms with Crippen LogP contribution in [-0.4, -0.2) is 0 Å². The Morgan fingerprint density at radius 3 is 1.89 bits per heavy atom. The zero-order valence-corrected chi connectivity index (χ0v) is 10.6. The summed E-state index contributed by atoms with van der Waals surface area (Å²) in [7, 11) is 0. The molecule has 0 saturated heterocycles. The Morgan fingerprint density at radius 1 is 0.722 bits per heavy atom. The normalized spacial score (nSPS) is 14.8. The fourth-order valence-corrected chi connectivity index (χ4v) is 2.61. The molecule has 2 aromatic carbocycles. The van der Waals surface area contributed by atoms with E-state index in [1.165, 1.54) is 27.8 Å². The molecule has 0 fully saturated rings. The van der Waals surface area contributed by atoms with Gasteiger partial charge in [0.15, 0.2) is 0 Å². The summed E-state index contributed by atoms with van der Waals surface area (Å²) < 4.78 is 0. The molecule has 0 aliphatic heterocycles. The third kappa shape index (κ3) is 1.91. The van der Waals surface area contributed by atoms with E-state index in [0.29, 0.717) is 0 Å². The Balaban J connectivity index is 2.15. The smallest absolute Gasteiger partial charge is 0.00793 e. The summed E-state index contributed by atoms with van der Waals surface area (Å²) in [6.45, 7) is 2.21.